The smallest absolute Gasteiger partial charge is 0.0622 e. The van der Waals surface area contributed by atoms with Crippen LogP contribution in [0.4, 0.5) is 0 Å². The first-order chi connectivity index (χ1) is 8.27. The van der Waals surface area contributed by atoms with Crippen LogP contribution in [-0.4, -0.2) is 25.8 Å². The Hall–Kier alpha value is -0.380. The number of ether oxygens (including phenoxy) is 1. The summed E-state index contributed by atoms with van der Waals surface area (Å²) < 4.78 is 6.71. The van der Waals surface area contributed by atoms with Crippen molar-refractivity contribution in [2.24, 2.45) is 0 Å². The van der Waals surface area contributed by atoms with Crippen LogP contribution in [0.5, 0.6) is 0 Å². The maximum Gasteiger partial charge on any atom is 0.0622 e. The van der Waals surface area contributed by atoms with Gasteiger partial charge in [0.15, 0.2) is 0 Å². The summed E-state index contributed by atoms with van der Waals surface area (Å²) in [7, 11) is 0. The number of halogens is 1. The van der Waals surface area contributed by atoms with Crippen molar-refractivity contribution < 1.29 is 4.74 Å². The Kier molecular flexibility index (Phi) is 7.49. The van der Waals surface area contributed by atoms with Crippen LogP contribution in [0.15, 0.2) is 28.7 Å². The van der Waals surface area contributed by atoms with Gasteiger partial charge in [-0.3, -0.25) is 0 Å². The Morgan fingerprint density at radius 2 is 2.06 bits per heavy atom. The van der Waals surface area contributed by atoms with Crippen LogP contribution in [0.25, 0.3) is 0 Å². The van der Waals surface area contributed by atoms with Gasteiger partial charge in [0.25, 0.3) is 0 Å². The van der Waals surface area contributed by atoms with E-state index in [-0.39, 0.29) is 0 Å². The van der Waals surface area contributed by atoms with Crippen molar-refractivity contribution in [2.75, 3.05) is 19.8 Å². The summed E-state index contributed by atoms with van der Waals surface area (Å²) in [5.74, 6) is 0. The highest BCUT2D eigenvalue weighted by atomic mass is 79.9. The van der Waals surface area contributed by atoms with Gasteiger partial charge in [0.2, 0.25) is 0 Å². The average molecular weight is 300 g/mol. The summed E-state index contributed by atoms with van der Waals surface area (Å²) in [6.07, 6.45) is 2.15. The van der Waals surface area contributed by atoms with E-state index in [2.05, 4.69) is 46.4 Å². The predicted octanol–water partition coefficient (Wildman–Crippen LogP) is 3.40. The van der Waals surface area contributed by atoms with Gasteiger partial charge >= 0.3 is 0 Å². The van der Waals surface area contributed by atoms with E-state index in [1.165, 1.54) is 10.0 Å². The molecule has 1 unspecified atom stereocenters. The van der Waals surface area contributed by atoms with Gasteiger partial charge in [0, 0.05) is 17.1 Å². The minimum absolute atomic E-state index is 0.397. The fraction of sp³-hybridized carbons (Fsp3) is 0.571. The second kappa shape index (κ2) is 8.67. The van der Waals surface area contributed by atoms with E-state index in [0.29, 0.717) is 6.04 Å². The Morgan fingerprint density at radius 1 is 1.29 bits per heavy atom. The number of hydrogen-bond donors (Lipinski definition) is 1. The van der Waals surface area contributed by atoms with Crippen molar-refractivity contribution in [1.82, 2.24) is 5.32 Å². The molecule has 0 aliphatic carbocycles. The van der Waals surface area contributed by atoms with Crippen molar-refractivity contribution in [3.63, 3.8) is 0 Å². The molecule has 1 N–H and O–H groups in total. The number of benzene rings is 1. The Labute approximate surface area is 113 Å². The van der Waals surface area contributed by atoms with Gasteiger partial charge in [-0.1, -0.05) is 41.1 Å². The molecule has 1 aromatic rings. The van der Waals surface area contributed by atoms with Gasteiger partial charge in [-0.05, 0) is 37.9 Å². The molecule has 0 saturated heterocycles. The van der Waals surface area contributed by atoms with Crippen LogP contribution in [0, 0.1) is 0 Å². The highest BCUT2D eigenvalue weighted by molar-refractivity contribution is 9.10. The third-order valence-electron chi connectivity index (χ3n) is 2.63. The second-order valence-corrected chi connectivity index (χ2v) is 4.96. The molecule has 3 heteroatoms. The SMILES string of the molecule is CCCNC(COCC)Cc1ccccc1Br. The zero-order valence-electron chi connectivity index (χ0n) is 10.7. The summed E-state index contributed by atoms with van der Waals surface area (Å²) in [6, 6.07) is 8.78. The number of hydrogen-bond acceptors (Lipinski definition) is 2. The van der Waals surface area contributed by atoms with Crippen LogP contribution in [0.2, 0.25) is 0 Å². The summed E-state index contributed by atoms with van der Waals surface area (Å²) in [4.78, 5) is 0. The average Bonchev–Trinajstić information content (AvgIpc) is 2.35. The fourth-order valence-electron chi connectivity index (χ4n) is 1.73. The monoisotopic (exact) mass is 299 g/mol. The summed E-state index contributed by atoms with van der Waals surface area (Å²) in [5.41, 5.74) is 1.33. The molecule has 0 radical (unpaired) electrons. The zero-order chi connectivity index (χ0) is 12.5. The first-order valence-electron chi connectivity index (χ1n) is 6.32. The van der Waals surface area contributed by atoms with Crippen molar-refractivity contribution in [1.29, 1.82) is 0 Å². The highest BCUT2D eigenvalue weighted by Gasteiger charge is 2.10. The molecule has 96 valence electrons. The van der Waals surface area contributed by atoms with Gasteiger partial charge in [0.1, 0.15) is 0 Å². The molecule has 1 aromatic carbocycles. The molecule has 0 heterocycles. The lowest BCUT2D eigenvalue weighted by Crippen LogP contribution is -2.36. The van der Waals surface area contributed by atoms with Crippen LogP contribution in [0.3, 0.4) is 0 Å². The molecule has 0 bridgehead atoms. The van der Waals surface area contributed by atoms with E-state index in [9.17, 15) is 0 Å². The lowest BCUT2D eigenvalue weighted by molar-refractivity contribution is 0.122. The molecule has 0 amide bonds. The third-order valence-corrected chi connectivity index (χ3v) is 3.40. The van der Waals surface area contributed by atoms with Crippen molar-refractivity contribution in [3.05, 3.63) is 34.3 Å². The molecule has 0 aromatic heterocycles. The molecular formula is C14H22BrNO. The van der Waals surface area contributed by atoms with E-state index in [0.717, 1.165) is 32.6 Å². The number of nitrogens with one attached hydrogen (secondary N) is 1. The van der Waals surface area contributed by atoms with E-state index < -0.39 is 0 Å². The third kappa shape index (κ3) is 5.66. The molecule has 2 nitrogen and oxygen atoms in total. The van der Waals surface area contributed by atoms with Crippen LogP contribution in [0.1, 0.15) is 25.8 Å². The lowest BCUT2D eigenvalue weighted by Gasteiger charge is -2.19. The first kappa shape index (κ1) is 14.7. The van der Waals surface area contributed by atoms with Crippen LogP contribution >= 0.6 is 15.9 Å². The van der Waals surface area contributed by atoms with E-state index in [4.69, 9.17) is 4.74 Å². The van der Waals surface area contributed by atoms with Gasteiger partial charge in [0.05, 0.1) is 6.61 Å². The molecular weight excluding hydrogens is 278 g/mol. The quantitative estimate of drug-likeness (QED) is 0.794. The van der Waals surface area contributed by atoms with E-state index in [1.807, 2.05) is 13.0 Å². The molecule has 1 atom stereocenters. The zero-order valence-corrected chi connectivity index (χ0v) is 12.3. The number of rotatable bonds is 8. The molecule has 0 spiro atoms. The normalized spacial score (nSPS) is 12.6. The Morgan fingerprint density at radius 3 is 2.71 bits per heavy atom. The maximum atomic E-state index is 5.53. The van der Waals surface area contributed by atoms with Gasteiger partial charge in [-0.2, -0.15) is 0 Å². The molecule has 1 rings (SSSR count). The molecule has 0 saturated carbocycles. The lowest BCUT2D eigenvalue weighted by atomic mass is 10.1. The van der Waals surface area contributed by atoms with Gasteiger partial charge < -0.3 is 10.1 Å². The largest absolute Gasteiger partial charge is 0.380 e. The van der Waals surface area contributed by atoms with Crippen LogP contribution in [-0.2, 0) is 11.2 Å². The maximum absolute atomic E-state index is 5.53. The van der Waals surface area contributed by atoms with Crippen molar-refractivity contribution in [2.45, 2.75) is 32.7 Å². The fourth-order valence-corrected chi connectivity index (χ4v) is 2.17. The van der Waals surface area contributed by atoms with E-state index in [1.54, 1.807) is 0 Å². The predicted molar refractivity (Wildman–Crippen MR) is 76.4 cm³/mol. The highest BCUT2D eigenvalue weighted by Crippen LogP contribution is 2.17. The summed E-state index contributed by atoms with van der Waals surface area (Å²) in [6.45, 7) is 6.82. The van der Waals surface area contributed by atoms with Crippen LogP contribution < -0.4 is 5.32 Å². The summed E-state index contributed by atoms with van der Waals surface area (Å²) >= 11 is 3.59. The molecule has 0 aliphatic heterocycles. The van der Waals surface area contributed by atoms with Crippen molar-refractivity contribution in [3.8, 4) is 0 Å². The first-order valence-corrected chi connectivity index (χ1v) is 7.11. The van der Waals surface area contributed by atoms with Crippen molar-refractivity contribution >= 4 is 15.9 Å². The van der Waals surface area contributed by atoms with Gasteiger partial charge in [-0.15, -0.1) is 0 Å². The Balaban J connectivity index is 2.55. The summed E-state index contributed by atoms with van der Waals surface area (Å²) in [5, 5.41) is 3.53. The standard InChI is InChI=1S/C14H22BrNO/c1-3-9-16-13(11-17-4-2)10-12-7-5-6-8-14(12)15/h5-8,13,16H,3-4,9-11H2,1-2H3. The molecule has 0 aliphatic rings. The minimum Gasteiger partial charge on any atom is -0.380 e. The Bertz CT molecular complexity index is 309. The minimum atomic E-state index is 0.397. The molecule has 0 fully saturated rings. The molecule has 17 heavy (non-hydrogen) atoms. The second-order valence-electron chi connectivity index (χ2n) is 4.11. The van der Waals surface area contributed by atoms with Gasteiger partial charge in [-0.25, -0.2) is 0 Å². The topological polar surface area (TPSA) is 21.3 Å². The van der Waals surface area contributed by atoms with E-state index >= 15 is 0 Å².